The van der Waals surface area contributed by atoms with E-state index in [-0.39, 0.29) is 0 Å². The average molecular weight is 369 g/mol. The molecule has 1 heterocycles. The van der Waals surface area contributed by atoms with Gasteiger partial charge in [-0.3, -0.25) is 4.79 Å². The van der Waals surface area contributed by atoms with Crippen LogP contribution in [0.2, 0.25) is 5.02 Å². The molecule has 3 aromatic rings. The number of nitrogens with one attached hydrogen (secondary N) is 1. The van der Waals surface area contributed by atoms with Crippen molar-refractivity contribution < 1.29 is 14.3 Å². The molecule has 0 saturated heterocycles. The fourth-order valence-electron chi connectivity index (χ4n) is 2.33. The Morgan fingerprint density at radius 2 is 1.96 bits per heavy atom. The summed E-state index contributed by atoms with van der Waals surface area (Å²) in [5.74, 6) is 0.486. The van der Waals surface area contributed by atoms with Crippen molar-refractivity contribution in [1.82, 2.24) is 5.43 Å². The number of rotatable bonds is 5. The van der Waals surface area contributed by atoms with E-state index in [1.807, 2.05) is 31.2 Å². The van der Waals surface area contributed by atoms with Crippen molar-refractivity contribution in [2.75, 3.05) is 0 Å². The van der Waals surface area contributed by atoms with Crippen molar-refractivity contribution in [3.8, 4) is 11.3 Å². The maximum absolute atomic E-state index is 11.9. The normalized spacial score (nSPS) is 12.3. The highest BCUT2D eigenvalue weighted by atomic mass is 35.5. The Balaban J connectivity index is 1.63. The fourth-order valence-corrected chi connectivity index (χ4v) is 2.51. The number of aliphatic hydroxyl groups is 1. The molecule has 3 rings (SSSR count). The quantitative estimate of drug-likeness (QED) is 0.526. The van der Waals surface area contributed by atoms with Crippen LogP contribution in [0.3, 0.4) is 0 Å². The maximum atomic E-state index is 11.9. The van der Waals surface area contributed by atoms with Gasteiger partial charge in [-0.2, -0.15) is 5.10 Å². The summed E-state index contributed by atoms with van der Waals surface area (Å²) in [6.07, 6.45) is 0.0877. The molecule has 1 atom stereocenters. The van der Waals surface area contributed by atoms with E-state index >= 15 is 0 Å². The summed E-state index contributed by atoms with van der Waals surface area (Å²) in [5.41, 5.74) is 4.63. The van der Waals surface area contributed by atoms with E-state index in [4.69, 9.17) is 16.0 Å². The monoisotopic (exact) mass is 368 g/mol. The maximum Gasteiger partial charge on any atom is 0.273 e. The number of benzene rings is 2. The average Bonchev–Trinajstić information content (AvgIpc) is 3.13. The summed E-state index contributed by atoms with van der Waals surface area (Å²) in [6, 6.07) is 17.8. The first kappa shape index (κ1) is 17.9. The Morgan fingerprint density at radius 3 is 2.69 bits per heavy atom. The molecule has 6 heteroatoms. The smallest absolute Gasteiger partial charge is 0.273 e. The molecule has 0 fully saturated rings. The van der Waals surface area contributed by atoms with Gasteiger partial charge >= 0.3 is 0 Å². The summed E-state index contributed by atoms with van der Waals surface area (Å²) in [5, 5.41) is 14.5. The van der Waals surface area contributed by atoms with Gasteiger partial charge < -0.3 is 9.52 Å². The minimum atomic E-state index is -1.28. The number of hydrogen-bond donors (Lipinski definition) is 2. The molecular weight excluding hydrogens is 352 g/mol. The third-order valence-electron chi connectivity index (χ3n) is 3.81. The summed E-state index contributed by atoms with van der Waals surface area (Å²) in [7, 11) is 0. The topological polar surface area (TPSA) is 74.8 Å². The molecule has 0 bridgehead atoms. The minimum absolute atomic E-state index is 0.464. The van der Waals surface area contributed by atoms with E-state index in [2.05, 4.69) is 10.5 Å². The van der Waals surface area contributed by atoms with Gasteiger partial charge in [0.1, 0.15) is 11.5 Å². The molecule has 0 spiro atoms. The molecule has 0 saturated carbocycles. The van der Waals surface area contributed by atoms with Crippen LogP contribution in [0.5, 0.6) is 0 Å². The number of aliphatic hydroxyl groups excluding tert-OH is 1. The van der Waals surface area contributed by atoms with E-state index < -0.39 is 12.0 Å². The van der Waals surface area contributed by atoms with Gasteiger partial charge in [-0.15, -0.1) is 0 Å². The number of hydrazone groups is 1. The lowest BCUT2D eigenvalue weighted by molar-refractivity contribution is -0.129. The molecule has 0 aliphatic rings. The zero-order valence-corrected chi connectivity index (χ0v) is 14.8. The largest absolute Gasteiger partial charge is 0.455 e. The van der Waals surface area contributed by atoms with Crippen LogP contribution in [0.1, 0.15) is 23.0 Å². The molecular formula is C20H17ClN2O3. The Labute approximate surface area is 155 Å². The second-order valence-electron chi connectivity index (χ2n) is 5.71. The zero-order valence-electron chi connectivity index (χ0n) is 14.0. The third-order valence-corrected chi connectivity index (χ3v) is 4.22. The Morgan fingerprint density at radius 1 is 1.19 bits per heavy atom. The Hall–Kier alpha value is -2.89. The van der Waals surface area contributed by atoms with Gasteiger partial charge in [0, 0.05) is 10.6 Å². The predicted molar refractivity (Wildman–Crippen MR) is 101 cm³/mol. The van der Waals surface area contributed by atoms with Gasteiger partial charge in [0.15, 0.2) is 6.10 Å². The van der Waals surface area contributed by atoms with E-state index in [9.17, 15) is 9.90 Å². The first-order chi connectivity index (χ1) is 12.5. The molecule has 0 aliphatic heterocycles. The summed E-state index contributed by atoms with van der Waals surface area (Å²) in [4.78, 5) is 11.9. The van der Waals surface area contributed by atoms with Crippen LogP contribution in [0, 0.1) is 6.92 Å². The number of hydrogen-bond acceptors (Lipinski definition) is 4. The van der Waals surface area contributed by atoms with Gasteiger partial charge in [0.2, 0.25) is 0 Å². The van der Waals surface area contributed by atoms with Gasteiger partial charge in [0.25, 0.3) is 5.91 Å². The summed E-state index contributed by atoms with van der Waals surface area (Å²) in [6.45, 7) is 1.93. The van der Waals surface area contributed by atoms with E-state index in [0.29, 0.717) is 22.1 Å². The van der Waals surface area contributed by atoms with Crippen LogP contribution in [-0.4, -0.2) is 17.2 Å². The van der Waals surface area contributed by atoms with Crippen molar-refractivity contribution in [2.24, 2.45) is 5.10 Å². The van der Waals surface area contributed by atoms with Crippen molar-refractivity contribution >= 4 is 23.7 Å². The summed E-state index contributed by atoms with van der Waals surface area (Å²) >= 11 is 6.13. The standard InChI is InChI=1S/C20H17ClN2O3/c1-13-7-8-15(11-17(13)21)18-10-9-16(26-18)12-22-23-20(25)19(24)14-5-3-2-4-6-14/h2-12,19,24H,1H3,(H,23,25)/b22-12-/t19-/m0/s1. The number of nitrogens with zero attached hydrogens (tertiary/aromatic N) is 1. The van der Waals surface area contributed by atoms with Crippen LogP contribution >= 0.6 is 11.6 Å². The number of carbonyl (C=O) groups is 1. The highest BCUT2D eigenvalue weighted by Gasteiger charge is 2.16. The molecule has 0 unspecified atom stereocenters. The number of furan rings is 1. The number of aryl methyl sites for hydroxylation is 1. The number of carbonyl (C=O) groups excluding carboxylic acids is 1. The minimum Gasteiger partial charge on any atom is -0.455 e. The van der Waals surface area contributed by atoms with Gasteiger partial charge in [-0.1, -0.05) is 54.1 Å². The van der Waals surface area contributed by atoms with Crippen LogP contribution in [0.15, 0.2) is 70.2 Å². The molecule has 132 valence electrons. The Bertz CT molecular complexity index is 935. The number of halogens is 1. The first-order valence-corrected chi connectivity index (χ1v) is 8.34. The molecule has 5 nitrogen and oxygen atoms in total. The summed E-state index contributed by atoms with van der Waals surface area (Å²) < 4.78 is 5.67. The number of amides is 1. The van der Waals surface area contributed by atoms with Crippen molar-refractivity contribution in [1.29, 1.82) is 0 Å². The van der Waals surface area contributed by atoms with E-state index in [1.54, 1.807) is 36.4 Å². The first-order valence-electron chi connectivity index (χ1n) is 7.97. The molecule has 0 aliphatic carbocycles. The highest BCUT2D eigenvalue weighted by molar-refractivity contribution is 6.31. The van der Waals surface area contributed by atoms with Crippen molar-refractivity contribution in [3.05, 3.63) is 82.6 Å². The van der Waals surface area contributed by atoms with Crippen molar-refractivity contribution in [2.45, 2.75) is 13.0 Å². The highest BCUT2D eigenvalue weighted by Crippen LogP contribution is 2.26. The molecule has 2 aromatic carbocycles. The molecule has 1 aromatic heterocycles. The van der Waals surface area contributed by atoms with E-state index in [1.165, 1.54) is 6.21 Å². The molecule has 26 heavy (non-hydrogen) atoms. The van der Waals surface area contributed by atoms with Crippen LogP contribution in [0.25, 0.3) is 11.3 Å². The molecule has 1 amide bonds. The molecule has 2 N–H and O–H groups in total. The van der Waals surface area contributed by atoms with Crippen LogP contribution in [-0.2, 0) is 4.79 Å². The lowest BCUT2D eigenvalue weighted by Gasteiger charge is -2.08. The van der Waals surface area contributed by atoms with Gasteiger partial charge in [-0.25, -0.2) is 5.43 Å². The predicted octanol–water partition coefficient (Wildman–Crippen LogP) is 4.09. The fraction of sp³-hybridized carbons (Fsp3) is 0.100. The second-order valence-corrected chi connectivity index (χ2v) is 6.12. The van der Waals surface area contributed by atoms with Crippen LogP contribution < -0.4 is 5.43 Å². The third kappa shape index (κ3) is 4.20. The van der Waals surface area contributed by atoms with Gasteiger partial charge in [0.05, 0.1) is 6.21 Å². The van der Waals surface area contributed by atoms with E-state index in [0.717, 1.165) is 11.1 Å². The second kappa shape index (κ2) is 7.99. The van der Waals surface area contributed by atoms with Crippen LogP contribution in [0.4, 0.5) is 0 Å². The molecule has 0 radical (unpaired) electrons. The van der Waals surface area contributed by atoms with Gasteiger partial charge in [-0.05, 0) is 36.2 Å². The Kier molecular flexibility index (Phi) is 5.51. The zero-order chi connectivity index (χ0) is 18.5. The lowest BCUT2D eigenvalue weighted by atomic mass is 10.1. The lowest BCUT2D eigenvalue weighted by Crippen LogP contribution is -2.25. The van der Waals surface area contributed by atoms with Crippen molar-refractivity contribution in [3.63, 3.8) is 0 Å². The SMILES string of the molecule is Cc1ccc(-c2ccc(/C=N\NC(=O)[C@@H](O)c3ccccc3)o2)cc1Cl.